The molecule has 0 unspecified atom stereocenters. The number of pyridine rings is 1. The average Bonchev–Trinajstić information content (AvgIpc) is 2.92. The molecule has 0 aliphatic heterocycles. The van der Waals surface area contributed by atoms with Crippen LogP contribution >= 0.6 is 0 Å². The van der Waals surface area contributed by atoms with E-state index in [4.69, 9.17) is 5.73 Å². The highest BCUT2D eigenvalue weighted by atomic mass is 15.1. The van der Waals surface area contributed by atoms with Gasteiger partial charge >= 0.3 is 0 Å². The molecule has 1 aliphatic carbocycles. The maximum Gasteiger partial charge on any atom is 0.0998 e. The van der Waals surface area contributed by atoms with Gasteiger partial charge < -0.3 is 10.3 Å². The third-order valence-electron chi connectivity index (χ3n) is 4.13. The van der Waals surface area contributed by atoms with E-state index < -0.39 is 0 Å². The Labute approximate surface area is 117 Å². The van der Waals surface area contributed by atoms with E-state index in [2.05, 4.69) is 26.7 Å². The van der Waals surface area contributed by atoms with Crippen molar-refractivity contribution in [2.45, 2.75) is 25.7 Å². The number of rotatable bonds is 1. The van der Waals surface area contributed by atoms with Gasteiger partial charge in [-0.2, -0.15) is 0 Å². The number of benzene rings is 1. The average molecular weight is 264 g/mol. The summed E-state index contributed by atoms with van der Waals surface area (Å²) >= 11 is 0. The van der Waals surface area contributed by atoms with Gasteiger partial charge in [0.25, 0.3) is 0 Å². The number of fused-ring (bicyclic) bond motifs is 2. The van der Waals surface area contributed by atoms with Gasteiger partial charge in [-0.3, -0.25) is 4.98 Å². The van der Waals surface area contributed by atoms with Crippen LogP contribution in [0.1, 0.15) is 24.2 Å². The van der Waals surface area contributed by atoms with Crippen molar-refractivity contribution in [2.24, 2.45) is 0 Å². The number of aryl methyl sites for hydroxylation is 1. The first-order valence-electron chi connectivity index (χ1n) is 7.02. The van der Waals surface area contributed by atoms with E-state index >= 15 is 0 Å². The van der Waals surface area contributed by atoms with Crippen LogP contribution in [0.2, 0.25) is 0 Å². The summed E-state index contributed by atoms with van der Waals surface area (Å²) in [5.41, 5.74) is 10.7. The van der Waals surface area contributed by atoms with Gasteiger partial charge in [0.15, 0.2) is 0 Å². The second-order valence-electron chi connectivity index (χ2n) is 5.31. The Morgan fingerprint density at radius 2 is 2.00 bits per heavy atom. The first-order valence-corrected chi connectivity index (χ1v) is 7.02. The third-order valence-corrected chi connectivity index (χ3v) is 4.13. The molecule has 2 aromatic heterocycles. The summed E-state index contributed by atoms with van der Waals surface area (Å²) < 4.78 is 2.16. The minimum atomic E-state index is 0.802. The fraction of sp³-hybridized carbons (Fsp3) is 0.250. The topological polar surface area (TPSA) is 56.7 Å². The number of nitrogens with zero attached hydrogens (tertiary/aromatic N) is 3. The lowest BCUT2D eigenvalue weighted by molar-refractivity contribution is 0.656. The Bertz CT molecular complexity index is 788. The van der Waals surface area contributed by atoms with Gasteiger partial charge in [-0.15, -0.1) is 0 Å². The first-order chi connectivity index (χ1) is 9.84. The zero-order valence-electron chi connectivity index (χ0n) is 11.2. The summed E-state index contributed by atoms with van der Waals surface area (Å²) in [4.78, 5) is 8.69. The summed E-state index contributed by atoms with van der Waals surface area (Å²) in [5.74, 6) is 0. The van der Waals surface area contributed by atoms with Crippen molar-refractivity contribution in [3.05, 3.63) is 48.3 Å². The number of nitrogen functional groups attached to an aromatic ring is 1. The Balaban J connectivity index is 1.94. The highest BCUT2D eigenvalue weighted by molar-refractivity contribution is 5.96. The van der Waals surface area contributed by atoms with Crippen molar-refractivity contribution in [1.82, 2.24) is 14.5 Å². The molecule has 1 aliphatic rings. The summed E-state index contributed by atoms with van der Waals surface area (Å²) in [7, 11) is 0. The molecule has 4 nitrogen and oxygen atoms in total. The number of imidazole rings is 1. The number of hydrogen-bond donors (Lipinski definition) is 1. The van der Waals surface area contributed by atoms with Crippen molar-refractivity contribution in [3.63, 3.8) is 0 Å². The summed E-state index contributed by atoms with van der Waals surface area (Å²) in [6.07, 6.45) is 10.2. The van der Waals surface area contributed by atoms with E-state index in [1.807, 2.05) is 18.6 Å². The molecule has 0 spiro atoms. The molecular weight excluding hydrogens is 248 g/mol. The van der Waals surface area contributed by atoms with Gasteiger partial charge in [0.1, 0.15) is 0 Å². The van der Waals surface area contributed by atoms with Gasteiger partial charge in [-0.05, 0) is 37.8 Å². The standard InChI is InChI=1S/C16H16N4/c17-16-12-7-8-18-9-11(12)5-6-15(16)20-10-19-13-3-1-2-4-14(13)20/h5-10H,1-4,17H2. The molecule has 0 fully saturated rings. The molecule has 1 aromatic carbocycles. The predicted octanol–water partition coefficient (Wildman–Crippen LogP) is 2.88. The van der Waals surface area contributed by atoms with E-state index in [0.29, 0.717) is 0 Å². The maximum atomic E-state index is 6.37. The van der Waals surface area contributed by atoms with Crippen LogP contribution in [-0.2, 0) is 12.8 Å². The second-order valence-corrected chi connectivity index (χ2v) is 5.31. The number of hydrogen-bond acceptors (Lipinski definition) is 3. The van der Waals surface area contributed by atoms with Crippen molar-refractivity contribution >= 4 is 16.5 Å². The second kappa shape index (κ2) is 4.34. The molecule has 0 atom stereocenters. The zero-order valence-corrected chi connectivity index (χ0v) is 11.2. The Morgan fingerprint density at radius 3 is 2.95 bits per heavy atom. The Morgan fingerprint density at radius 1 is 1.10 bits per heavy atom. The third kappa shape index (κ3) is 1.61. The van der Waals surface area contributed by atoms with E-state index in [1.165, 1.54) is 24.2 Å². The quantitative estimate of drug-likeness (QED) is 0.687. The Kier molecular flexibility index (Phi) is 2.49. The van der Waals surface area contributed by atoms with E-state index in [9.17, 15) is 0 Å². The van der Waals surface area contributed by atoms with Crippen LogP contribution in [0.3, 0.4) is 0 Å². The minimum absolute atomic E-state index is 0.802. The molecule has 100 valence electrons. The maximum absolute atomic E-state index is 6.37. The zero-order chi connectivity index (χ0) is 13.5. The monoisotopic (exact) mass is 264 g/mol. The van der Waals surface area contributed by atoms with Crippen molar-refractivity contribution in [2.75, 3.05) is 5.73 Å². The molecule has 0 amide bonds. The molecule has 0 saturated heterocycles. The molecule has 0 radical (unpaired) electrons. The van der Waals surface area contributed by atoms with Gasteiger partial charge in [-0.25, -0.2) is 4.98 Å². The fourth-order valence-corrected chi connectivity index (χ4v) is 3.07. The molecule has 2 heterocycles. The highest BCUT2D eigenvalue weighted by Crippen LogP contribution is 2.30. The number of aromatic nitrogens is 3. The predicted molar refractivity (Wildman–Crippen MR) is 79.9 cm³/mol. The van der Waals surface area contributed by atoms with Crippen LogP contribution in [0.4, 0.5) is 5.69 Å². The minimum Gasteiger partial charge on any atom is -0.397 e. The summed E-state index contributed by atoms with van der Waals surface area (Å²) in [6.45, 7) is 0. The molecule has 4 rings (SSSR count). The van der Waals surface area contributed by atoms with Crippen LogP contribution in [-0.4, -0.2) is 14.5 Å². The van der Waals surface area contributed by atoms with E-state index in [0.717, 1.165) is 35.0 Å². The lowest BCUT2D eigenvalue weighted by Gasteiger charge is -2.16. The molecule has 0 saturated carbocycles. The van der Waals surface area contributed by atoms with Gasteiger partial charge in [0.05, 0.1) is 23.4 Å². The van der Waals surface area contributed by atoms with Gasteiger partial charge in [0, 0.05) is 28.9 Å². The molecular formula is C16H16N4. The van der Waals surface area contributed by atoms with Crippen molar-refractivity contribution < 1.29 is 0 Å². The van der Waals surface area contributed by atoms with Gasteiger partial charge in [-0.1, -0.05) is 6.07 Å². The molecule has 2 N–H and O–H groups in total. The summed E-state index contributed by atoms with van der Waals surface area (Å²) in [6, 6.07) is 6.11. The first kappa shape index (κ1) is 11.5. The molecule has 4 heteroatoms. The fourth-order valence-electron chi connectivity index (χ4n) is 3.07. The van der Waals surface area contributed by atoms with E-state index in [-0.39, 0.29) is 0 Å². The normalized spacial score (nSPS) is 14.4. The van der Waals surface area contributed by atoms with Crippen LogP contribution in [0.5, 0.6) is 0 Å². The SMILES string of the molecule is Nc1c(-n2cnc3c2CCCC3)ccc2cnccc12. The molecule has 0 bridgehead atoms. The van der Waals surface area contributed by atoms with Crippen LogP contribution in [0, 0.1) is 0 Å². The smallest absolute Gasteiger partial charge is 0.0998 e. The van der Waals surface area contributed by atoms with Gasteiger partial charge in [0.2, 0.25) is 0 Å². The number of anilines is 1. The molecule has 20 heavy (non-hydrogen) atoms. The van der Waals surface area contributed by atoms with Crippen molar-refractivity contribution in [1.29, 1.82) is 0 Å². The van der Waals surface area contributed by atoms with Crippen LogP contribution < -0.4 is 5.73 Å². The lowest BCUT2D eigenvalue weighted by Crippen LogP contribution is -2.08. The lowest BCUT2D eigenvalue weighted by atomic mass is 10.0. The van der Waals surface area contributed by atoms with Crippen LogP contribution in [0.15, 0.2) is 36.9 Å². The van der Waals surface area contributed by atoms with E-state index in [1.54, 1.807) is 6.20 Å². The summed E-state index contributed by atoms with van der Waals surface area (Å²) in [5, 5.41) is 2.12. The van der Waals surface area contributed by atoms with Crippen LogP contribution in [0.25, 0.3) is 16.5 Å². The Hall–Kier alpha value is -2.36. The largest absolute Gasteiger partial charge is 0.397 e. The molecule has 3 aromatic rings. The van der Waals surface area contributed by atoms with Crippen molar-refractivity contribution in [3.8, 4) is 5.69 Å². The number of nitrogens with two attached hydrogens (primary N) is 1. The highest BCUT2D eigenvalue weighted by Gasteiger charge is 2.17.